The second-order valence-electron chi connectivity index (χ2n) is 6.29. The number of hydrogen-bond acceptors (Lipinski definition) is 5. The molecule has 0 spiro atoms. The summed E-state index contributed by atoms with van der Waals surface area (Å²) in [5, 5.41) is 4.40. The highest BCUT2D eigenvalue weighted by molar-refractivity contribution is 7.07. The van der Waals surface area contributed by atoms with E-state index in [9.17, 15) is 0 Å². The summed E-state index contributed by atoms with van der Waals surface area (Å²) in [6.07, 6.45) is 6.30. The minimum absolute atomic E-state index is 0.207. The average molecular weight is 330 g/mol. The first-order chi connectivity index (χ1) is 11.4. The van der Waals surface area contributed by atoms with Crippen LogP contribution in [-0.4, -0.2) is 41.3 Å². The van der Waals surface area contributed by atoms with Crippen molar-refractivity contribution in [1.29, 1.82) is 0 Å². The van der Waals surface area contributed by atoms with Gasteiger partial charge < -0.3 is 9.47 Å². The van der Waals surface area contributed by atoms with Gasteiger partial charge in [0.2, 0.25) is 0 Å². The Bertz CT molecular complexity index is 605. The van der Waals surface area contributed by atoms with Gasteiger partial charge in [0.15, 0.2) is 0 Å². The van der Waals surface area contributed by atoms with Gasteiger partial charge in [-0.3, -0.25) is 9.88 Å². The predicted molar refractivity (Wildman–Crippen MR) is 90.3 cm³/mol. The van der Waals surface area contributed by atoms with Gasteiger partial charge in [0, 0.05) is 31.5 Å². The number of hydrogen-bond donors (Lipinski definition) is 0. The van der Waals surface area contributed by atoms with Crippen LogP contribution in [0.2, 0.25) is 0 Å². The van der Waals surface area contributed by atoms with Crippen molar-refractivity contribution in [3.63, 3.8) is 0 Å². The lowest BCUT2D eigenvalue weighted by Crippen LogP contribution is -2.51. The van der Waals surface area contributed by atoms with Gasteiger partial charge in [0.05, 0.1) is 25.4 Å². The third-order valence-electron chi connectivity index (χ3n) is 4.83. The van der Waals surface area contributed by atoms with Gasteiger partial charge in [-0.2, -0.15) is 11.3 Å². The van der Waals surface area contributed by atoms with Crippen molar-refractivity contribution < 1.29 is 9.47 Å². The van der Waals surface area contributed by atoms with Crippen LogP contribution in [0.5, 0.6) is 0 Å². The summed E-state index contributed by atoms with van der Waals surface area (Å²) >= 11 is 1.77. The van der Waals surface area contributed by atoms with Crippen LogP contribution in [0.3, 0.4) is 0 Å². The van der Waals surface area contributed by atoms with Gasteiger partial charge >= 0.3 is 0 Å². The van der Waals surface area contributed by atoms with Crippen LogP contribution in [0.25, 0.3) is 0 Å². The van der Waals surface area contributed by atoms with E-state index >= 15 is 0 Å². The summed E-state index contributed by atoms with van der Waals surface area (Å²) in [6.45, 7) is 3.50. The standard InChI is InChI=1S/C18H22N2O2S/c1-2-17(22-12-14-3-6-19-7-4-14)18-16(1)20(8-9-21-18)11-15-5-10-23-13-15/h3-7,10,13,16-18H,1-2,8-9,11-12H2/t16-,17+,18+/m0/s1. The zero-order valence-corrected chi connectivity index (χ0v) is 14.0. The third kappa shape index (κ3) is 3.48. The second-order valence-corrected chi connectivity index (χ2v) is 7.07. The predicted octanol–water partition coefficient (Wildman–Crippen LogP) is 3.09. The van der Waals surface area contributed by atoms with Crippen LogP contribution >= 0.6 is 11.3 Å². The Labute approximate surface area is 141 Å². The highest BCUT2D eigenvalue weighted by atomic mass is 32.1. The molecule has 2 aliphatic rings. The molecule has 0 radical (unpaired) electrons. The first-order valence-electron chi connectivity index (χ1n) is 8.27. The van der Waals surface area contributed by atoms with Crippen LogP contribution in [0, 0.1) is 0 Å². The first-order valence-corrected chi connectivity index (χ1v) is 9.21. The molecule has 3 heterocycles. The van der Waals surface area contributed by atoms with Crippen molar-refractivity contribution in [3.8, 4) is 0 Å². The van der Waals surface area contributed by atoms with Crippen LogP contribution in [0.1, 0.15) is 24.0 Å². The van der Waals surface area contributed by atoms with Crippen molar-refractivity contribution >= 4 is 11.3 Å². The molecule has 5 heteroatoms. The molecule has 4 rings (SSSR count). The lowest BCUT2D eigenvalue weighted by Gasteiger charge is -2.39. The Morgan fingerprint density at radius 1 is 1.22 bits per heavy atom. The zero-order chi connectivity index (χ0) is 15.5. The molecule has 23 heavy (non-hydrogen) atoms. The van der Waals surface area contributed by atoms with E-state index in [2.05, 4.69) is 26.7 Å². The van der Waals surface area contributed by atoms with Gasteiger partial charge in [0.25, 0.3) is 0 Å². The van der Waals surface area contributed by atoms with Crippen LogP contribution in [0.4, 0.5) is 0 Å². The fourth-order valence-electron chi connectivity index (χ4n) is 3.67. The van der Waals surface area contributed by atoms with Gasteiger partial charge in [-0.1, -0.05) is 0 Å². The summed E-state index contributed by atoms with van der Waals surface area (Å²) < 4.78 is 12.2. The normalized spacial score (nSPS) is 27.9. The lowest BCUT2D eigenvalue weighted by atomic mass is 10.1. The third-order valence-corrected chi connectivity index (χ3v) is 5.56. The van der Waals surface area contributed by atoms with E-state index < -0.39 is 0 Å². The molecule has 3 atom stereocenters. The molecule has 1 saturated carbocycles. The highest BCUT2D eigenvalue weighted by Crippen LogP contribution is 2.33. The van der Waals surface area contributed by atoms with Crippen molar-refractivity contribution in [1.82, 2.24) is 9.88 Å². The maximum absolute atomic E-state index is 6.16. The van der Waals surface area contributed by atoms with Gasteiger partial charge in [-0.05, 0) is 52.9 Å². The number of ether oxygens (including phenoxy) is 2. The fourth-order valence-corrected chi connectivity index (χ4v) is 4.33. The van der Waals surface area contributed by atoms with E-state index in [0.29, 0.717) is 12.6 Å². The minimum Gasteiger partial charge on any atom is -0.373 e. The molecule has 0 aromatic carbocycles. The quantitative estimate of drug-likeness (QED) is 0.844. The summed E-state index contributed by atoms with van der Waals surface area (Å²) in [4.78, 5) is 6.63. The van der Waals surface area contributed by atoms with E-state index in [4.69, 9.17) is 9.47 Å². The number of pyridine rings is 1. The Morgan fingerprint density at radius 2 is 2.13 bits per heavy atom. The summed E-state index contributed by atoms with van der Waals surface area (Å²) in [7, 11) is 0. The SMILES string of the molecule is c1cc(CO[C@@H]2CC[C@H]3[C@H]2OCCN3Cc2ccsc2)ccn1. The molecule has 2 aromatic heterocycles. The van der Waals surface area contributed by atoms with Gasteiger partial charge in [-0.15, -0.1) is 0 Å². The Balaban J connectivity index is 1.37. The lowest BCUT2D eigenvalue weighted by molar-refractivity contribution is -0.118. The number of rotatable bonds is 5. The Hall–Kier alpha value is -1.27. The summed E-state index contributed by atoms with van der Waals surface area (Å²) in [5.41, 5.74) is 2.59. The topological polar surface area (TPSA) is 34.6 Å². The van der Waals surface area contributed by atoms with E-state index in [-0.39, 0.29) is 12.2 Å². The molecule has 2 fully saturated rings. The minimum atomic E-state index is 0.207. The molecular formula is C18H22N2O2S. The molecule has 1 aliphatic carbocycles. The van der Waals surface area contributed by atoms with Crippen molar-refractivity contribution in [2.45, 2.75) is 44.2 Å². The molecule has 1 aliphatic heterocycles. The van der Waals surface area contributed by atoms with Crippen LogP contribution in [0.15, 0.2) is 41.4 Å². The van der Waals surface area contributed by atoms with Crippen molar-refractivity contribution in [2.24, 2.45) is 0 Å². The molecule has 4 nitrogen and oxygen atoms in total. The fraction of sp³-hybridized carbons (Fsp3) is 0.500. The van der Waals surface area contributed by atoms with Gasteiger partial charge in [0.1, 0.15) is 0 Å². The number of nitrogens with zero attached hydrogens (tertiary/aromatic N) is 2. The molecule has 122 valence electrons. The van der Waals surface area contributed by atoms with Crippen molar-refractivity contribution in [3.05, 3.63) is 52.5 Å². The number of aromatic nitrogens is 1. The smallest absolute Gasteiger partial charge is 0.0992 e. The number of morpholine rings is 1. The monoisotopic (exact) mass is 330 g/mol. The van der Waals surface area contributed by atoms with E-state index in [1.165, 1.54) is 11.1 Å². The molecule has 0 unspecified atom stereocenters. The van der Waals surface area contributed by atoms with E-state index in [1.54, 1.807) is 11.3 Å². The highest BCUT2D eigenvalue weighted by Gasteiger charge is 2.43. The second kappa shape index (κ2) is 7.09. The largest absolute Gasteiger partial charge is 0.373 e. The molecular weight excluding hydrogens is 308 g/mol. The maximum atomic E-state index is 6.16. The zero-order valence-electron chi connectivity index (χ0n) is 13.1. The molecule has 0 N–H and O–H groups in total. The van der Waals surface area contributed by atoms with Crippen LogP contribution < -0.4 is 0 Å². The number of thiophene rings is 1. The average Bonchev–Trinajstić information content (AvgIpc) is 3.24. The van der Waals surface area contributed by atoms with E-state index in [0.717, 1.165) is 32.5 Å². The van der Waals surface area contributed by atoms with Crippen molar-refractivity contribution in [2.75, 3.05) is 13.2 Å². The summed E-state index contributed by atoms with van der Waals surface area (Å²) in [5.74, 6) is 0. The summed E-state index contributed by atoms with van der Waals surface area (Å²) in [6, 6.07) is 6.74. The number of fused-ring (bicyclic) bond motifs is 1. The molecule has 0 amide bonds. The van der Waals surface area contributed by atoms with Gasteiger partial charge in [-0.25, -0.2) is 0 Å². The molecule has 1 saturated heterocycles. The molecule has 0 bridgehead atoms. The Morgan fingerprint density at radius 3 is 2.96 bits per heavy atom. The first kappa shape index (κ1) is 15.3. The maximum Gasteiger partial charge on any atom is 0.0992 e. The Kier molecular flexibility index (Phi) is 4.71. The molecule has 2 aromatic rings. The van der Waals surface area contributed by atoms with Crippen LogP contribution in [-0.2, 0) is 22.6 Å². The van der Waals surface area contributed by atoms with E-state index in [1.807, 2.05) is 24.5 Å².